The Bertz CT molecular complexity index is 442. The van der Waals surface area contributed by atoms with E-state index in [0.29, 0.717) is 0 Å². The number of ether oxygens (including phenoxy) is 1. The number of amides is 1. The van der Waals surface area contributed by atoms with E-state index in [9.17, 15) is 4.79 Å². The number of nitrogens with zero attached hydrogens (tertiary/aromatic N) is 1. The van der Waals surface area contributed by atoms with E-state index >= 15 is 0 Å². The Morgan fingerprint density at radius 2 is 2.22 bits per heavy atom. The summed E-state index contributed by atoms with van der Waals surface area (Å²) in [5, 5.41) is 0. The van der Waals surface area contributed by atoms with Crippen LogP contribution in [0.1, 0.15) is 43.7 Å². The molecular formula is C15H21NO2. The van der Waals surface area contributed by atoms with Gasteiger partial charge in [-0.15, -0.1) is 0 Å². The summed E-state index contributed by atoms with van der Waals surface area (Å²) in [5.41, 5.74) is 2.37. The molecule has 3 heteroatoms. The summed E-state index contributed by atoms with van der Waals surface area (Å²) in [5.74, 6) is 1.09. The van der Waals surface area contributed by atoms with E-state index in [1.165, 1.54) is 5.56 Å². The zero-order valence-electron chi connectivity index (χ0n) is 11.4. The molecule has 2 rings (SSSR count). The van der Waals surface area contributed by atoms with Gasteiger partial charge >= 0.3 is 0 Å². The van der Waals surface area contributed by atoms with Gasteiger partial charge in [-0.05, 0) is 36.6 Å². The Hall–Kier alpha value is -1.51. The Kier molecular flexibility index (Phi) is 3.90. The van der Waals surface area contributed by atoms with E-state index < -0.39 is 0 Å². The SMILES string of the molecule is CCCCN1Cc2cc(OC)ccc2C(C)C1=O. The second-order valence-corrected chi connectivity index (χ2v) is 4.90. The topological polar surface area (TPSA) is 29.5 Å². The number of benzene rings is 1. The lowest BCUT2D eigenvalue weighted by molar-refractivity contribution is -0.134. The highest BCUT2D eigenvalue weighted by Crippen LogP contribution is 2.31. The highest BCUT2D eigenvalue weighted by Gasteiger charge is 2.29. The van der Waals surface area contributed by atoms with Gasteiger partial charge in [0.05, 0.1) is 13.0 Å². The maximum Gasteiger partial charge on any atom is 0.230 e. The zero-order valence-corrected chi connectivity index (χ0v) is 11.4. The predicted octanol–water partition coefficient (Wildman–Crippen LogP) is 2.94. The summed E-state index contributed by atoms with van der Waals surface area (Å²) < 4.78 is 5.26. The summed E-state index contributed by atoms with van der Waals surface area (Å²) in [6, 6.07) is 6.01. The minimum Gasteiger partial charge on any atom is -0.497 e. The van der Waals surface area contributed by atoms with Crippen LogP contribution < -0.4 is 4.74 Å². The molecule has 0 bridgehead atoms. The highest BCUT2D eigenvalue weighted by atomic mass is 16.5. The first-order chi connectivity index (χ1) is 8.67. The fourth-order valence-corrected chi connectivity index (χ4v) is 2.50. The van der Waals surface area contributed by atoms with Crippen LogP contribution in [0.25, 0.3) is 0 Å². The van der Waals surface area contributed by atoms with Crippen molar-refractivity contribution < 1.29 is 9.53 Å². The van der Waals surface area contributed by atoms with Gasteiger partial charge in [-0.2, -0.15) is 0 Å². The molecule has 0 N–H and O–H groups in total. The molecule has 1 heterocycles. The van der Waals surface area contributed by atoms with E-state index in [2.05, 4.69) is 13.0 Å². The molecule has 98 valence electrons. The van der Waals surface area contributed by atoms with Gasteiger partial charge in [-0.1, -0.05) is 19.4 Å². The van der Waals surface area contributed by atoms with E-state index in [1.807, 2.05) is 24.0 Å². The van der Waals surface area contributed by atoms with Crippen molar-refractivity contribution >= 4 is 5.91 Å². The fraction of sp³-hybridized carbons (Fsp3) is 0.533. The summed E-state index contributed by atoms with van der Waals surface area (Å²) in [7, 11) is 1.67. The molecule has 0 aromatic heterocycles. The molecule has 1 aliphatic rings. The minimum absolute atomic E-state index is 0.0310. The number of carbonyl (C=O) groups excluding carboxylic acids is 1. The van der Waals surface area contributed by atoms with Gasteiger partial charge in [0.15, 0.2) is 0 Å². The van der Waals surface area contributed by atoms with E-state index in [-0.39, 0.29) is 11.8 Å². The standard InChI is InChI=1S/C15H21NO2/c1-4-5-8-16-10-12-9-13(18-3)6-7-14(12)11(2)15(16)17/h6-7,9,11H,4-5,8,10H2,1-3H3. The number of rotatable bonds is 4. The van der Waals surface area contributed by atoms with Gasteiger partial charge in [-0.3, -0.25) is 4.79 Å². The van der Waals surface area contributed by atoms with Gasteiger partial charge in [0.25, 0.3) is 0 Å². The highest BCUT2D eigenvalue weighted by molar-refractivity contribution is 5.85. The van der Waals surface area contributed by atoms with Crippen molar-refractivity contribution in [3.8, 4) is 5.75 Å². The number of unbranched alkanes of at least 4 members (excludes halogenated alkanes) is 1. The first-order valence-electron chi connectivity index (χ1n) is 6.63. The zero-order chi connectivity index (χ0) is 13.1. The normalized spacial score (nSPS) is 18.7. The van der Waals surface area contributed by atoms with Crippen molar-refractivity contribution in [3.05, 3.63) is 29.3 Å². The summed E-state index contributed by atoms with van der Waals surface area (Å²) in [6.07, 6.45) is 2.18. The van der Waals surface area contributed by atoms with Crippen molar-refractivity contribution in [2.75, 3.05) is 13.7 Å². The number of hydrogen-bond donors (Lipinski definition) is 0. The van der Waals surface area contributed by atoms with Crippen LogP contribution in [0, 0.1) is 0 Å². The molecule has 0 fully saturated rings. The van der Waals surface area contributed by atoms with Gasteiger partial charge in [0.2, 0.25) is 5.91 Å². The summed E-state index contributed by atoms with van der Waals surface area (Å²) >= 11 is 0. The lowest BCUT2D eigenvalue weighted by atomic mass is 9.90. The first kappa shape index (κ1) is 12.9. The van der Waals surface area contributed by atoms with E-state index in [4.69, 9.17) is 4.74 Å². The monoisotopic (exact) mass is 247 g/mol. The first-order valence-corrected chi connectivity index (χ1v) is 6.63. The third-order valence-electron chi connectivity index (χ3n) is 3.64. The Balaban J connectivity index is 2.26. The molecule has 1 unspecified atom stereocenters. The van der Waals surface area contributed by atoms with Crippen molar-refractivity contribution in [1.29, 1.82) is 0 Å². The molecule has 1 amide bonds. The molecule has 18 heavy (non-hydrogen) atoms. The molecule has 1 aromatic rings. The molecule has 0 saturated carbocycles. The van der Waals surface area contributed by atoms with Crippen molar-refractivity contribution in [2.24, 2.45) is 0 Å². The van der Waals surface area contributed by atoms with E-state index in [1.54, 1.807) is 7.11 Å². The predicted molar refractivity (Wildman–Crippen MR) is 71.7 cm³/mol. The molecule has 3 nitrogen and oxygen atoms in total. The van der Waals surface area contributed by atoms with Crippen LogP contribution in [0.4, 0.5) is 0 Å². The van der Waals surface area contributed by atoms with Crippen LogP contribution in [0.15, 0.2) is 18.2 Å². The molecule has 0 aliphatic carbocycles. The largest absolute Gasteiger partial charge is 0.497 e. The van der Waals surface area contributed by atoms with Crippen molar-refractivity contribution in [1.82, 2.24) is 4.90 Å². The van der Waals surface area contributed by atoms with Gasteiger partial charge in [0.1, 0.15) is 5.75 Å². The summed E-state index contributed by atoms with van der Waals surface area (Å²) in [4.78, 5) is 14.2. The smallest absolute Gasteiger partial charge is 0.230 e. The van der Waals surface area contributed by atoms with E-state index in [0.717, 1.165) is 37.2 Å². The number of fused-ring (bicyclic) bond motifs is 1. The average molecular weight is 247 g/mol. The number of methoxy groups -OCH3 is 1. The van der Waals surface area contributed by atoms with Crippen LogP contribution >= 0.6 is 0 Å². The van der Waals surface area contributed by atoms with Crippen LogP contribution in [0.5, 0.6) is 5.75 Å². The van der Waals surface area contributed by atoms with Crippen LogP contribution in [0.3, 0.4) is 0 Å². The number of carbonyl (C=O) groups is 1. The quantitative estimate of drug-likeness (QED) is 0.818. The third kappa shape index (κ3) is 2.35. The lowest BCUT2D eigenvalue weighted by Crippen LogP contribution is -2.38. The Labute approximate surface area is 109 Å². The molecular weight excluding hydrogens is 226 g/mol. The maximum absolute atomic E-state index is 12.2. The molecule has 0 saturated heterocycles. The van der Waals surface area contributed by atoms with Crippen LogP contribution in [-0.4, -0.2) is 24.5 Å². The van der Waals surface area contributed by atoms with Crippen LogP contribution in [-0.2, 0) is 11.3 Å². The van der Waals surface area contributed by atoms with Crippen molar-refractivity contribution in [2.45, 2.75) is 39.2 Å². The maximum atomic E-state index is 12.2. The third-order valence-corrected chi connectivity index (χ3v) is 3.64. The Morgan fingerprint density at radius 1 is 1.44 bits per heavy atom. The minimum atomic E-state index is -0.0310. The molecule has 0 spiro atoms. The van der Waals surface area contributed by atoms with Crippen molar-refractivity contribution in [3.63, 3.8) is 0 Å². The lowest BCUT2D eigenvalue weighted by Gasteiger charge is -2.33. The summed E-state index contributed by atoms with van der Waals surface area (Å²) in [6.45, 7) is 5.71. The molecule has 0 radical (unpaired) electrons. The number of hydrogen-bond acceptors (Lipinski definition) is 2. The Morgan fingerprint density at radius 3 is 2.89 bits per heavy atom. The van der Waals surface area contributed by atoms with Gasteiger partial charge in [0, 0.05) is 13.1 Å². The molecule has 1 aromatic carbocycles. The molecule has 1 aliphatic heterocycles. The van der Waals surface area contributed by atoms with Crippen LogP contribution in [0.2, 0.25) is 0 Å². The average Bonchev–Trinajstić information content (AvgIpc) is 2.40. The second kappa shape index (κ2) is 5.42. The molecule has 1 atom stereocenters. The fourth-order valence-electron chi connectivity index (χ4n) is 2.50. The van der Waals surface area contributed by atoms with Gasteiger partial charge in [-0.25, -0.2) is 0 Å². The van der Waals surface area contributed by atoms with Gasteiger partial charge < -0.3 is 9.64 Å². The second-order valence-electron chi connectivity index (χ2n) is 4.90.